The van der Waals surface area contributed by atoms with Crippen LogP contribution in [0.4, 0.5) is 9.59 Å². The van der Waals surface area contributed by atoms with E-state index in [9.17, 15) is 14.4 Å². The Hall–Kier alpha value is -2.71. The smallest absolute Gasteiger partial charge is 0.410 e. The first kappa shape index (κ1) is 45.4. The van der Waals surface area contributed by atoms with Crippen molar-refractivity contribution in [3.8, 4) is 0 Å². The van der Waals surface area contributed by atoms with E-state index >= 15 is 0 Å². The van der Waals surface area contributed by atoms with Crippen molar-refractivity contribution >= 4 is 18.0 Å². The van der Waals surface area contributed by atoms with Gasteiger partial charge in [0.1, 0.15) is 17.0 Å². The third-order valence-electron chi connectivity index (χ3n) is 6.34. The molecule has 0 saturated carbocycles. The molecule has 3 saturated heterocycles. The van der Waals surface area contributed by atoms with Gasteiger partial charge in [-0.15, -0.1) is 6.04 Å². The maximum Gasteiger partial charge on any atom is 0.410 e. The van der Waals surface area contributed by atoms with E-state index in [0.717, 1.165) is 51.9 Å². The van der Waals surface area contributed by atoms with Gasteiger partial charge in [0, 0.05) is 103 Å². The molecule has 0 aromatic heterocycles. The molecule has 0 unspecified atom stereocenters. The summed E-state index contributed by atoms with van der Waals surface area (Å²) in [6.07, 6.45) is 13.1. The summed E-state index contributed by atoms with van der Waals surface area (Å²) in [4.78, 5) is 37.6. The molecule has 0 bridgehead atoms. The number of rotatable bonds is 4. The molecule has 3 aliphatic rings. The zero-order valence-corrected chi connectivity index (χ0v) is 31.6. The number of piperidine rings is 3. The van der Waals surface area contributed by atoms with Crippen LogP contribution in [0.25, 0.3) is 11.1 Å². The standard InChI is InChI=1S/C12H23N3O2.C10H17NO3.C7H13N3.C2H6N2.Y/c1-12(2,3)17-11(16)15-8-4-10(5-9-15)14-7-6-13;1-10(2,3)14-9(13)11-6-4-8(12)5-7-11;8-3-6-10-7-1-4-9-5-2-7;3-1-2-4;/h6-7,10,14H,4-5,8-9,13H2,1-3H3;4-7H2,1-3H3;3,6-9H,1-2,4-5H2;1-2H,3-4H2;/q;;-2;;/b7-6-;;;2-1+;. The number of carbonyl (C=O) groups excluding carboxylic acids is 3. The fraction of sp³-hybridized carbons (Fsp3) is 0.710. The van der Waals surface area contributed by atoms with Crippen molar-refractivity contribution < 1.29 is 56.6 Å². The van der Waals surface area contributed by atoms with Gasteiger partial charge >= 0.3 is 12.2 Å². The van der Waals surface area contributed by atoms with Crippen LogP contribution in [0, 0.1) is 0 Å². The molecule has 46 heavy (non-hydrogen) atoms. The predicted molar refractivity (Wildman–Crippen MR) is 180 cm³/mol. The fourth-order valence-corrected chi connectivity index (χ4v) is 4.13. The Morgan fingerprint density at radius 3 is 1.70 bits per heavy atom. The molecule has 3 rings (SSSR count). The molecule has 15 heteroatoms. The quantitative estimate of drug-likeness (QED) is 0.281. The first-order valence-corrected chi connectivity index (χ1v) is 15.6. The molecule has 3 heterocycles. The molecule has 9 N–H and O–H groups in total. The third kappa shape index (κ3) is 24.5. The zero-order valence-electron chi connectivity index (χ0n) is 28.8. The average molecular weight is 727 g/mol. The van der Waals surface area contributed by atoms with Gasteiger partial charge in [0.25, 0.3) is 0 Å². The van der Waals surface area contributed by atoms with E-state index in [1.807, 2.05) is 41.5 Å². The van der Waals surface area contributed by atoms with E-state index in [1.165, 1.54) is 24.8 Å². The van der Waals surface area contributed by atoms with Crippen molar-refractivity contribution in [1.29, 1.82) is 0 Å². The summed E-state index contributed by atoms with van der Waals surface area (Å²) in [5, 5.41) is 10.6. The Bertz CT molecular complexity index is 908. The van der Waals surface area contributed by atoms with Crippen LogP contribution in [0.1, 0.15) is 80.1 Å². The van der Waals surface area contributed by atoms with Gasteiger partial charge in [-0.2, -0.15) is 0 Å². The Morgan fingerprint density at radius 2 is 1.30 bits per heavy atom. The molecule has 14 nitrogen and oxygen atoms in total. The van der Waals surface area contributed by atoms with Gasteiger partial charge in [-0.3, -0.25) is 4.79 Å². The molecule has 0 aromatic carbocycles. The zero-order chi connectivity index (χ0) is 34.3. The molecule has 3 aliphatic heterocycles. The van der Waals surface area contributed by atoms with Gasteiger partial charge in [-0.25, -0.2) is 22.0 Å². The van der Waals surface area contributed by atoms with E-state index in [2.05, 4.69) is 16.0 Å². The SMILES string of the molecule is CC(C)(C)OC(=O)N1CCC(=O)CC1.CC(C)(C)OC(=O)N1CCC(N/C=C\N)CC1.N/C=C/N.[NH-]C=C[N-]C1CCNCC1.[Y]. The van der Waals surface area contributed by atoms with Crippen molar-refractivity contribution in [1.82, 2.24) is 20.4 Å². The third-order valence-corrected chi connectivity index (χ3v) is 6.34. The van der Waals surface area contributed by atoms with Gasteiger partial charge in [0.05, 0.1) is 0 Å². The second-order valence-corrected chi connectivity index (χ2v) is 12.6. The van der Waals surface area contributed by atoms with Crippen LogP contribution in [0.3, 0.4) is 0 Å². The van der Waals surface area contributed by atoms with E-state index in [4.69, 9.17) is 32.4 Å². The van der Waals surface area contributed by atoms with E-state index in [1.54, 1.807) is 22.2 Å². The second kappa shape index (κ2) is 25.4. The van der Waals surface area contributed by atoms with Crippen LogP contribution in [0.15, 0.2) is 37.2 Å². The Kier molecular flexibility index (Phi) is 25.1. The van der Waals surface area contributed by atoms with Gasteiger partial charge in [-0.05, 0) is 67.5 Å². The van der Waals surface area contributed by atoms with Crippen LogP contribution >= 0.6 is 0 Å². The summed E-state index contributed by atoms with van der Waals surface area (Å²) >= 11 is 0. The monoisotopic (exact) mass is 726 g/mol. The number of Topliss-reactive ketones (excluding diaryl/α,β-unsaturated/α-hetero) is 1. The number of nitrogens with zero attached hydrogens (tertiary/aromatic N) is 3. The molecule has 263 valence electrons. The van der Waals surface area contributed by atoms with Crippen molar-refractivity contribution in [2.24, 2.45) is 17.2 Å². The number of nitrogens with one attached hydrogen (secondary N) is 3. The fourth-order valence-electron chi connectivity index (χ4n) is 4.13. The van der Waals surface area contributed by atoms with Crippen LogP contribution in [0.5, 0.6) is 0 Å². The maximum atomic E-state index is 11.8. The summed E-state index contributed by atoms with van der Waals surface area (Å²) < 4.78 is 10.5. The van der Waals surface area contributed by atoms with Crippen molar-refractivity contribution in [2.45, 2.75) is 103 Å². The van der Waals surface area contributed by atoms with Crippen molar-refractivity contribution in [2.75, 3.05) is 39.3 Å². The summed E-state index contributed by atoms with van der Waals surface area (Å²) in [5.41, 5.74) is 20.6. The van der Waals surface area contributed by atoms with Crippen LogP contribution in [-0.2, 0) is 47.0 Å². The molecule has 2 amide bonds. The van der Waals surface area contributed by atoms with Crippen molar-refractivity contribution in [3.05, 3.63) is 48.3 Å². The van der Waals surface area contributed by atoms with Crippen molar-refractivity contribution in [3.63, 3.8) is 0 Å². The molecule has 0 spiro atoms. The molecule has 0 aliphatic carbocycles. The molecular weight excluding hydrogens is 667 g/mol. The largest absolute Gasteiger partial charge is 0.706 e. The minimum absolute atomic E-state index is 0. The number of ether oxygens (including phenoxy) is 2. The summed E-state index contributed by atoms with van der Waals surface area (Å²) in [6.45, 7) is 15.7. The Morgan fingerprint density at radius 1 is 0.848 bits per heavy atom. The maximum absolute atomic E-state index is 11.8. The first-order valence-electron chi connectivity index (χ1n) is 15.6. The minimum atomic E-state index is -0.460. The van der Waals surface area contributed by atoms with E-state index < -0.39 is 11.2 Å². The Labute approximate surface area is 301 Å². The topological polar surface area (TPSA) is 216 Å². The molecule has 0 aromatic rings. The molecule has 1 radical (unpaired) electrons. The number of ketones is 1. The molecular formula is C31H59N9O5Y-2. The number of nitrogens with two attached hydrogens (primary N) is 3. The first-order chi connectivity index (χ1) is 21.1. The van der Waals surface area contributed by atoms with E-state index in [0.29, 0.717) is 38.0 Å². The van der Waals surface area contributed by atoms with Gasteiger partial charge in [0.2, 0.25) is 0 Å². The van der Waals surface area contributed by atoms with Gasteiger partial charge in [-0.1, -0.05) is 12.8 Å². The molecule has 0 atom stereocenters. The predicted octanol–water partition coefficient (Wildman–Crippen LogP) is 4.00. The van der Waals surface area contributed by atoms with Crippen LogP contribution < -0.4 is 27.8 Å². The van der Waals surface area contributed by atoms with E-state index in [-0.39, 0.29) is 50.7 Å². The summed E-state index contributed by atoms with van der Waals surface area (Å²) in [7, 11) is 0. The van der Waals surface area contributed by atoms with Gasteiger partial charge in [0.15, 0.2) is 0 Å². The average Bonchev–Trinajstić information content (AvgIpc) is 2.99. The second-order valence-electron chi connectivity index (χ2n) is 12.6. The van der Waals surface area contributed by atoms with Crippen LogP contribution in [-0.4, -0.2) is 90.3 Å². The number of hydrogen-bond donors (Lipinski definition) is 5. The minimum Gasteiger partial charge on any atom is -0.706 e. The molecule has 3 fully saturated rings. The number of carbonyl (C=O) groups is 3. The number of hydrogen-bond acceptors (Lipinski definition) is 10. The normalized spacial score (nSPS) is 17.8. The summed E-state index contributed by atoms with van der Waals surface area (Å²) in [5.74, 6) is 0.227. The number of likely N-dealkylation sites (tertiary alicyclic amines) is 2. The number of amides is 2. The Balaban J connectivity index is 0. The van der Waals surface area contributed by atoms with Crippen LogP contribution in [0.2, 0.25) is 0 Å². The summed E-state index contributed by atoms with van der Waals surface area (Å²) in [6, 6.07) is 0.858. The van der Waals surface area contributed by atoms with Gasteiger partial charge < -0.3 is 58.2 Å².